The van der Waals surface area contributed by atoms with Crippen molar-refractivity contribution >= 4 is 17.4 Å². The van der Waals surface area contributed by atoms with Gasteiger partial charge >= 0.3 is 0 Å². The number of halogens is 1. The Labute approximate surface area is 104 Å². The molecule has 3 rings (SSSR count). The van der Waals surface area contributed by atoms with E-state index in [-0.39, 0.29) is 5.78 Å². The summed E-state index contributed by atoms with van der Waals surface area (Å²) in [5, 5.41) is 0.455. The fourth-order valence-corrected chi connectivity index (χ4v) is 2.43. The van der Waals surface area contributed by atoms with E-state index in [1.807, 2.05) is 30.3 Å². The van der Waals surface area contributed by atoms with Crippen molar-refractivity contribution in [2.45, 2.75) is 19.4 Å². The summed E-state index contributed by atoms with van der Waals surface area (Å²) in [5.74, 6) is 1.09. The molecule has 0 N–H and O–H groups in total. The van der Waals surface area contributed by atoms with E-state index in [4.69, 9.17) is 11.6 Å². The van der Waals surface area contributed by atoms with Gasteiger partial charge in [-0.2, -0.15) is 0 Å². The molecule has 0 amide bonds. The van der Waals surface area contributed by atoms with Gasteiger partial charge in [0.05, 0.1) is 5.69 Å². The predicted molar refractivity (Wildman–Crippen MR) is 66.0 cm³/mol. The van der Waals surface area contributed by atoms with Gasteiger partial charge < -0.3 is 4.57 Å². The molecule has 0 spiro atoms. The summed E-state index contributed by atoms with van der Waals surface area (Å²) in [6, 6.07) is 9.91. The van der Waals surface area contributed by atoms with Gasteiger partial charge in [-0.15, -0.1) is 0 Å². The first-order valence-corrected chi connectivity index (χ1v) is 5.95. The molecule has 0 atom stereocenters. The summed E-state index contributed by atoms with van der Waals surface area (Å²) in [6.07, 6.45) is 0.970. The summed E-state index contributed by atoms with van der Waals surface area (Å²) < 4.78 is 2.05. The Hall–Kier alpha value is -1.61. The molecular formula is C13H11ClN2O. The van der Waals surface area contributed by atoms with Crippen LogP contribution in [0.5, 0.6) is 0 Å². The highest BCUT2D eigenvalue weighted by Crippen LogP contribution is 2.28. The quantitative estimate of drug-likeness (QED) is 0.776. The summed E-state index contributed by atoms with van der Waals surface area (Å²) in [7, 11) is 0. The number of hydrogen-bond donors (Lipinski definition) is 0. The van der Waals surface area contributed by atoms with Gasteiger partial charge in [-0.3, -0.25) is 4.79 Å². The molecule has 3 nitrogen and oxygen atoms in total. The Morgan fingerprint density at radius 3 is 2.76 bits per heavy atom. The highest BCUT2D eigenvalue weighted by Gasteiger charge is 2.23. The van der Waals surface area contributed by atoms with Crippen LogP contribution in [0.4, 0.5) is 0 Å². The third-order valence-electron chi connectivity index (χ3n) is 3.03. The fourth-order valence-electron chi connectivity index (χ4n) is 2.19. The van der Waals surface area contributed by atoms with Crippen LogP contribution in [0.3, 0.4) is 0 Å². The zero-order valence-electron chi connectivity index (χ0n) is 9.19. The lowest BCUT2D eigenvalue weighted by Crippen LogP contribution is -2.19. The number of imidazole rings is 1. The number of rotatable bonds is 1. The van der Waals surface area contributed by atoms with E-state index >= 15 is 0 Å². The maximum Gasteiger partial charge on any atom is 0.151 e. The Kier molecular flexibility index (Phi) is 2.48. The summed E-state index contributed by atoms with van der Waals surface area (Å²) in [5.41, 5.74) is 1.89. The standard InChI is InChI=1S/C13H11ClN2O/c14-12-11-8-10(17)6-7-16(11)13(15-12)9-4-2-1-3-5-9/h1-5H,6-8H2. The number of ketones is 1. The molecule has 86 valence electrons. The Bertz CT molecular complexity index is 575. The zero-order valence-corrected chi connectivity index (χ0v) is 9.94. The number of carbonyl (C=O) groups excluding carboxylic acids is 1. The van der Waals surface area contributed by atoms with Crippen LogP contribution >= 0.6 is 11.6 Å². The van der Waals surface area contributed by atoms with Gasteiger partial charge in [-0.05, 0) is 0 Å². The number of benzene rings is 1. The van der Waals surface area contributed by atoms with E-state index in [1.165, 1.54) is 0 Å². The van der Waals surface area contributed by atoms with E-state index in [0.29, 0.717) is 24.5 Å². The van der Waals surface area contributed by atoms with Crippen LogP contribution in [-0.2, 0) is 17.8 Å². The van der Waals surface area contributed by atoms with Gasteiger partial charge in [0.1, 0.15) is 11.6 Å². The summed E-state index contributed by atoms with van der Waals surface area (Å²) in [4.78, 5) is 15.8. The van der Waals surface area contributed by atoms with Gasteiger partial charge in [0.2, 0.25) is 0 Å². The van der Waals surface area contributed by atoms with Crippen molar-refractivity contribution in [2.24, 2.45) is 0 Å². The van der Waals surface area contributed by atoms with Crippen molar-refractivity contribution in [1.82, 2.24) is 9.55 Å². The average molecular weight is 247 g/mol. The summed E-state index contributed by atoms with van der Waals surface area (Å²) >= 11 is 6.09. The van der Waals surface area contributed by atoms with Gasteiger partial charge in [-0.25, -0.2) is 4.98 Å². The highest BCUT2D eigenvalue weighted by atomic mass is 35.5. The minimum absolute atomic E-state index is 0.235. The molecule has 1 aliphatic heterocycles. The lowest BCUT2D eigenvalue weighted by atomic mass is 10.1. The molecule has 0 saturated heterocycles. The molecule has 2 aromatic rings. The van der Waals surface area contributed by atoms with Crippen molar-refractivity contribution < 1.29 is 4.79 Å². The maximum atomic E-state index is 11.4. The number of Topliss-reactive ketones (excluding diaryl/α,β-unsaturated/α-hetero) is 1. The van der Waals surface area contributed by atoms with Crippen molar-refractivity contribution in [3.05, 3.63) is 41.2 Å². The third kappa shape index (κ3) is 1.76. The van der Waals surface area contributed by atoms with Gasteiger partial charge in [0.25, 0.3) is 0 Å². The fraction of sp³-hybridized carbons (Fsp3) is 0.231. The van der Waals surface area contributed by atoms with Crippen LogP contribution < -0.4 is 0 Å². The number of hydrogen-bond acceptors (Lipinski definition) is 2. The van der Waals surface area contributed by atoms with Gasteiger partial charge in [0.15, 0.2) is 5.15 Å². The average Bonchev–Trinajstić information content (AvgIpc) is 2.68. The lowest BCUT2D eigenvalue weighted by molar-refractivity contribution is -0.119. The Morgan fingerprint density at radius 1 is 1.24 bits per heavy atom. The molecular weight excluding hydrogens is 236 g/mol. The van der Waals surface area contributed by atoms with Crippen LogP contribution in [0, 0.1) is 0 Å². The molecule has 4 heteroatoms. The molecule has 2 heterocycles. The minimum atomic E-state index is 0.235. The zero-order chi connectivity index (χ0) is 11.8. The second kappa shape index (κ2) is 4.00. The summed E-state index contributed by atoms with van der Waals surface area (Å²) in [6.45, 7) is 0.679. The molecule has 0 radical (unpaired) electrons. The van der Waals surface area contributed by atoms with E-state index in [9.17, 15) is 4.79 Å². The molecule has 0 bridgehead atoms. The van der Waals surface area contributed by atoms with Crippen molar-refractivity contribution in [2.75, 3.05) is 0 Å². The lowest BCUT2D eigenvalue weighted by Gasteiger charge is -2.15. The van der Waals surface area contributed by atoms with Crippen LogP contribution in [-0.4, -0.2) is 15.3 Å². The Balaban J connectivity index is 2.14. The van der Waals surface area contributed by atoms with Gasteiger partial charge in [-0.1, -0.05) is 41.9 Å². The molecule has 0 aliphatic carbocycles. The largest absolute Gasteiger partial charge is 0.326 e. The smallest absolute Gasteiger partial charge is 0.151 e. The first kappa shape index (κ1) is 10.5. The monoisotopic (exact) mass is 246 g/mol. The molecule has 1 aromatic carbocycles. The first-order valence-electron chi connectivity index (χ1n) is 5.58. The van der Waals surface area contributed by atoms with Crippen molar-refractivity contribution in [3.63, 3.8) is 0 Å². The normalized spacial score (nSPS) is 14.8. The number of nitrogens with zero attached hydrogens (tertiary/aromatic N) is 2. The molecule has 0 saturated carbocycles. The first-order chi connectivity index (χ1) is 8.25. The maximum absolute atomic E-state index is 11.4. The molecule has 1 aromatic heterocycles. The Morgan fingerprint density at radius 2 is 2.00 bits per heavy atom. The third-order valence-corrected chi connectivity index (χ3v) is 3.34. The second-order valence-corrected chi connectivity index (χ2v) is 4.51. The van der Waals surface area contributed by atoms with Crippen molar-refractivity contribution in [3.8, 4) is 11.4 Å². The number of carbonyl (C=O) groups is 1. The molecule has 0 unspecified atom stereocenters. The van der Waals surface area contributed by atoms with Crippen molar-refractivity contribution in [1.29, 1.82) is 0 Å². The van der Waals surface area contributed by atoms with Gasteiger partial charge in [0, 0.05) is 24.9 Å². The van der Waals surface area contributed by atoms with E-state index in [2.05, 4.69) is 9.55 Å². The van der Waals surface area contributed by atoms with Crippen LogP contribution in [0.2, 0.25) is 5.15 Å². The minimum Gasteiger partial charge on any atom is -0.326 e. The van der Waals surface area contributed by atoms with E-state index in [0.717, 1.165) is 17.1 Å². The number of aromatic nitrogens is 2. The van der Waals surface area contributed by atoms with E-state index in [1.54, 1.807) is 0 Å². The molecule has 1 aliphatic rings. The van der Waals surface area contributed by atoms with E-state index < -0.39 is 0 Å². The topological polar surface area (TPSA) is 34.9 Å². The highest BCUT2D eigenvalue weighted by molar-refractivity contribution is 6.30. The predicted octanol–water partition coefficient (Wildman–Crippen LogP) is 2.72. The second-order valence-electron chi connectivity index (χ2n) is 4.16. The van der Waals surface area contributed by atoms with Crippen LogP contribution in [0.25, 0.3) is 11.4 Å². The SMILES string of the molecule is O=C1CCn2c(-c3ccccc3)nc(Cl)c2C1. The molecule has 17 heavy (non-hydrogen) atoms. The number of fused-ring (bicyclic) bond motifs is 1. The van der Waals surface area contributed by atoms with Crippen LogP contribution in [0.1, 0.15) is 12.1 Å². The van der Waals surface area contributed by atoms with Crippen LogP contribution in [0.15, 0.2) is 30.3 Å². The molecule has 0 fully saturated rings.